The highest BCUT2D eigenvalue weighted by Crippen LogP contribution is 2.24. The molecule has 0 unspecified atom stereocenters. The number of carbonyl (C=O) groups excluding carboxylic acids is 1. The quantitative estimate of drug-likeness (QED) is 0.541. The number of hydrogen-bond acceptors (Lipinski definition) is 6. The molecular formula is C20H17N3O4. The van der Waals surface area contributed by atoms with Crippen molar-refractivity contribution in [3.63, 3.8) is 0 Å². The fourth-order valence-corrected chi connectivity index (χ4v) is 2.91. The third kappa shape index (κ3) is 3.27. The fourth-order valence-electron chi connectivity index (χ4n) is 2.91. The molecule has 0 saturated carbocycles. The van der Waals surface area contributed by atoms with E-state index in [0.717, 1.165) is 27.9 Å². The lowest BCUT2D eigenvalue weighted by atomic mass is 10.1. The van der Waals surface area contributed by atoms with Crippen LogP contribution in [0.3, 0.4) is 0 Å². The molecule has 0 saturated heterocycles. The van der Waals surface area contributed by atoms with E-state index in [1.54, 1.807) is 19.2 Å². The molecule has 7 heteroatoms. The highest BCUT2D eigenvalue weighted by Gasteiger charge is 2.18. The SMILES string of the molecule is COc1ccc(-c2nc(COC(=O)c3c(C)[nH]c4ccccc34)no2)cc1. The van der Waals surface area contributed by atoms with Gasteiger partial charge in [0, 0.05) is 22.2 Å². The number of para-hydroxylation sites is 1. The summed E-state index contributed by atoms with van der Waals surface area (Å²) in [5.41, 5.74) is 2.93. The van der Waals surface area contributed by atoms with Gasteiger partial charge in [-0.05, 0) is 37.3 Å². The Kier molecular flexibility index (Phi) is 4.33. The normalized spacial score (nSPS) is 10.9. The Balaban J connectivity index is 1.48. The van der Waals surface area contributed by atoms with Crippen LogP contribution in [0, 0.1) is 6.92 Å². The van der Waals surface area contributed by atoms with E-state index in [1.165, 1.54) is 0 Å². The highest BCUT2D eigenvalue weighted by atomic mass is 16.5. The number of aromatic nitrogens is 3. The monoisotopic (exact) mass is 363 g/mol. The van der Waals surface area contributed by atoms with Crippen LogP contribution in [0.5, 0.6) is 5.75 Å². The Morgan fingerprint density at radius 1 is 1.15 bits per heavy atom. The van der Waals surface area contributed by atoms with E-state index in [2.05, 4.69) is 15.1 Å². The second-order valence-electron chi connectivity index (χ2n) is 5.99. The van der Waals surface area contributed by atoms with Crippen LogP contribution in [0.15, 0.2) is 53.1 Å². The molecule has 2 heterocycles. The largest absolute Gasteiger partial charge is 0.497 e. The topological polar surface area (TPSA) is 90.2 Å². The van der Waals surface area contributed by atoms with E-state index in [4.69, 9.17) is 14.0 Å². The van der Waals surface area contributed by atoms with Crippen molar-refractivity contribution >= 4 is 16.9 Å². The van der Waals surface area contributed by atoms with E-state index in [1.807, 2.05) is 43.3 Å². The molecule has 0 fully saturated rings. The van der Waals surface area contributed by atoms with Crippen molar-refractivity contribution in [3.8, 4) is 17.2 Å². The molecule has 0 spiro atoms. The van der Waals surface area contributed by atoms with Crippen LogP contribution < -0.4 is 4.74 Å². The minimum absolute atomic E-state index is 0.0720. The standard InChI is InChI=1S/C20H17N3O4/c1-12-18(15-5-3-4-6-16(15)21-12)20(24)26-11-17-22-19(27-23-17)13-7-9-14(25-2)10-8-13/h3-10,21H,11H2,1-2H3. The number of ether oxygens (including phenoxy) is 2. The number of esters is 1. The summed E-state index contributed by atoms with van der Waals surface area (Å²) >= 11 is 0. The molecule has 1 N–H and O–H groups in total. The summed E-state index contributed by atoms with van der Waals surface area (Å²) in [5, 5.41) is 4.70. The number of rotatable bonds is 5. The molecule has 7 nitrogen and oxygen atoms in total. The number of H-pyrrole nitrogens is 1. The first-order chi connectivity index (χ1) is 13.2. The molecule has 0 aliphatic rings. The van der Waals surface area contributed by atoms with Crippen LogP contribution in [-0.2, 0) is 11.3 Å². The molecular weight excluding hydrogens is 346 g/mol. The van der Waals surface area contributed by atoms with Gasteiger partial charge in [-0.2, -0.15) is 4.98 Å². The lowest BCUT2D eigenvalue weighted by Gasteiger charge is -2.02. The second-order valence-corrected chi connectivity index (χ2v) is 5.99. The molecule has 0 radical (unpaired) electrons. The number of nitrogens with zero attached hydrogens (tertiary/aromatic N) is 2. The Morgan fingerprint density at radius 2 is 1.93 bits per heavy atom. The van der Waals surface area contributed by atoms with Crippen molar-refractivity contribution in [2.75, 3.05) is 7.11 Å². The Bertz CT molecular complexity index is 1100. The summed E-state index contributed by atoms with van der Waals surface area (Å²) in [5.74, 6) is 0.959. The van der Waals surface area contributed by atoms with Gasteiger partial charge in [-0.25, -0.2) is 4.79 Å². The predicted molar refractivity (Wildman–Crippen MR) is 98.4 cm³/mol. The smallest absolute Gasteiger partial charge is 0.341 e. The molecule has 2 aromatic carbocycles. The minimum atomic E-state index is -0.430. The number of hydrogen-bond donors (Lipinski definition) is 1. The lowest BCUT2D eigenvalue weighted by molar-refractivity contribution is 0.0461. The van der Waals surface area contributed by atoms with Gasteiger partial charge in [0.1, 0.15) is 5.75 Å². The summed E-state index contributed by atoms with van der Waals surface area (Å²) in [4.78, 5) is 20.0. The first-order valence-corrected chi connectivity index (χ1v) is 8.37. The van der Waals surface area contributed by atoms with Gasteiger partial charge in [0.2, 0.25) is 5.82 Å². The van der Waals surface area contributed by atoms with E-state index >= 15 is 0 Å². The maximum Gasteiger partial charge on any atom is 0.341 e. The summed E-state index contributed by atoms with van der Waals surface area (Å²) in [6.45, 7) is 1.77. The molecule has 27 heavy (non-hydrogen) atoms. The molecule has 4 aromatic rings. The van der Waals surface area contributed by atoms with Gasteiger partial charge in [-0.1, -0.05) is 23.4 Å². The third-order valence-electron chi connectivity index (χ3n) is 4.24. The van der Waals surface area contributed by atoms with Crippen LogP contribution in [0.1, 0.15) is 21.9 Å². The first kappa shape index (κ1) is 16.8. The van der Waals surface area contributed by atoms with E-state index in [0.29, 0.717) is 17.3 Å². The predicted octanol–water partition coefficient (Wildman–Crippen LogP) is 3.89. The number of aryl methyl sites for hydroxylation is 1. The highest BCUT2D eigenvalue weighted by molar-refractivity contribution is 6.05. The molecule has 2 aromatic heterocycles. The van der Waals surface area contributed by atoms with Gasteiger partial charge in [-0.3, -0.25) is 0 Å². The fraction of sp³-hybridized carbons (Fsp3) is 0.150. The summed E-state index contributed by atoms with van der Waals surface area (Å²) in [6, 6.07) is 14.8. The van der Waals surface area contributed by atoms with E-state index in [9.17, 15) is 4.79 Å². The number of carbonyl (C=O) groups is 1. The molecule has 136 valence electrons. The maximum absolute atomic E-state index is 12.5. The van der Waals surface area contributed by atoms with Crippen molar-refractivity contribution in [3.05, 3.63) is 65.6 Å². The second kappa shape index (κ2) is 6.95. The third-order valence-corrected chi connectivity index (χ3v) is 4.24. The first-order valence-electron chi connectivity index (χ1n) is 8.37. The summed E-state index contributed by atoms with van der Waals surface area (Å²) < 4.78 is 15.7. The van der Waals surface area contributed by atoms with Crippen LogP contribution in [0.25, 0.3) is 22.4 Å². The minimum Gasteiger partial charge on any atom is -0.497 e. The van der Waals surface area contributed by atoms with Gasteiger partial charge < -0.3 is 19.0 Å². The zero-order valence-corrected chi connectivity index (χ0v) is 14.9. The van der Waals surface area contributed by atoms with Gasteiger partial charge in [0.05, 0.1) is 12.7 Å². The van der Waals surface area contributed by atoms with Crippen molar-refractivity contribution in [1.82, 2.24) is 15.1 Å². The van der Waals surface area contributed by atoms with Gasteiger partial charge in [-0.15, -0.1) is 0 Å². The van der Waals surface area contributed by atoms with Crippen LogP contribution in [0.2, 0.25) is 0 Å². The average molecular weight is 363 g/mol. The van der Waals surface area contributed by atoms with Crippen LogP contribution >= 0.6 is 0 Å². The number of nitrogens with one attached hydrogen (secondary N) is 1. The van der Waals surface area contributed by atoms with Crippen molar-refractivity contribution in [2.45, 2.75) is 13.5 Å². The average Bonchev–Trinajstić information content (AvgIpc) is 3.30. The maximum atomic E-state index is 12.5. The van der Waals surface area contributed by atoms with Crippen molar-refractivity contribution < 1.29 is 18.8 Å². The number of benzene rings is 2. The molecule has 0 aliphatic heterocycles. The molecule has 0 bridgehead atoms. The van der Waals surface area contributed by atoms with Gasteiger partial charge in [0.25, 0.3) is 5.89 Å². The number of methoxy groups -OCH3 is 1. The van der Waals surface area contributed by atoms with Crippen LogP contribution in [-0.4, -0.2) is 28.2 Å². The summed E-state index contributed by atoms with van der Waals surface area (Å²) in [6.07, 6.45) is 0. The Labute approximate surface area is 154 Å². The van der Waals surface area contributed by atoms with E-state index < -0.39 is 5.97 Å². The number of aromatic amines is 1. The van der Waals surface area contributed by atoms with Crippen LogP contribution in [0.4, 0.5) is 0 Å². The van der Waals surface area contributed by atoms with Crippen molar-refractivity contribution in [1.29, 1.82) is 0 Å². The Hall–Kier alpha value is -3.61. The summed E-state index contributed by atoms with van der Waals surface area (Å²) in [7, 11) is 1.60. The lowest BCUT2D eigenvalue weighted by Crippen LogP contribution is -2.07. The molecule has 0 amide bonds. The number of fused-ring (bicyclic) bond motifs is 1. The van der Waals surface area contributed by atoms with E-state index in [-0.39, 0.29) is 6.61 Å². The molecule has 0 aliphatic carbocycles. The molecule has 0 atom stereocenters. The molecule has 4 rings (SSSR count). The zero-order chi connectivity index (χ0) is 18.8. The van der Waals surface area contributed by atoms with Gasteiger partial charge >= 0.3 is 5.97 Å². The zero-order valence-electron chi connectivity index (χ0n) is 14.9. The Morgan fingerprint density at radius 3 is 2.70 bits per heavy atom. The van der Waals surface area contributed by atoms with Gasteiger partial charge in [0.15, 0.2) is 6.61 Å². The van der Waals surface area contributed by atoms with Crippen molar-refractivity contribution in [2.24, 2.45) is 0 Å².